The van der Waals surface area contributed by atoms with Crippen molar-refractivity contribution in [3.8, 4) is 22.6 Å². The summed E-state index contributed by atoms with van der Waals surface area (Å²) in [5, 5.41) is 33.7. The molecule has 0 radical (unpaired) electrons. The molecule has 0 saturated heterocycles. The van der Waals surface area contributed by atoms with Crippen molar-refractivity contribution in [2.24, 2.45) is 25.6 Å². The van der Waals surface area contributed by atoms with Crippen LogP contribution in [0.5, 0.6) is 5.75 Å². The number of phenolic OH excluding ortho intramolecular Hbond substituents is 1. The van der Waals surface area contributed by atoms with Gasteiger partial charge in [0.05, 0.1) is 10.6 Å². The normalized spacial score (nSPS) is 13.0. The summed E-state index contributed by atoms with van der Waals surface area (Å²) in [5.41, 5.74) is 8.17. The molecule has 0 spiro atoms. The molecule has 10 heteroatoms. The molecule has 4 aromatic carbocycles. The summed E-state index contributed by atoms with van der Waals surface area (Å²) in [5.74, 6) is -0.00933. The monoisotopic (exact) mass is 663 g/mol. The van der Waals surface area contributed by atoms with E-state index in [2.05, 4.69) is 82.2 Å². The molecule has 5 N–H and O–H groups in total. The van der Waals surface area contributed by atoms with Crippen molar-refractivity contribution in [1.29, 1.82) is 0 Å². The van der Waals surface area contributed by atoms with Crippen LogP contribution in [-0.4, -0.2) is 14.2 Å². The number of hydrogen-bond acceptors (Lipinski definition) is 8. The highest BCUT2D eigenvalue weighted by Crippen LogP contribution is 2.40. The van der Waals surface area contributed by atoms with Gasteiger partial charge in [0.15, 0.2) is 11.4 Å². The number of unbranched alkanes of at least 4 members (excludes halogenated alkanes) is 3. The largest absolute Gasteiger partial charge is 0.506 e. The number of hydrogen-bond donors (Lipinski definition) is 4. The van der Waals surface area contributed by atoms with Gasteiger partial charge in [0.1, 0.15) is 11.4 Å². The Morgan fingerprint density at radius 3 is 2.04 bits per heavy atom. The van der Waals surface area contributed by atoms with Crippen molar-refractivity contribution in [3.05, 3.63) is 132 Å². The van der Waals surface area contributed by atoms with Gasteiger partial charge >= 0.3 is 0 Å². The molecule has 0 aliphatic rings. The van der Waals surface area contributed by atoms with Gasteiger partial charge in [-0.15, -0.1) is 15.9 Å². The third-order valence-corrected chi connectivity index (χ3v) is 9.06. The number of rotatable bonds is 13. The van der Waals surface area contributed by atoms with Gasteiger partial charge in [0, 0.05) is 43.7 Å². The van der Waals surface area contributed by atoms with Crippen molar-refractivity contribution in [2.45, 2.75) is 63.9 Å². The summed E-state index contributed by atoms with van der Waals surface area (Å²) in [6.45, 7) is 6.38. The van der Waals surface area contributed by atoms with E-state index in [1.807, 2.05) is 36.4 Å². The first-order chi connectivity index (χ1) is 23.1. The molecule has 0 aliphatic heterocycles. The molecular formula is C38H43N6O3S+. The van der Waals surface area contributed by atoms with Crippen LogP contribution in [0.15, 0.2) is 135 Å². The lowest BCUT2D eigenvalue weighted by Crippen LogP contribution is -2.37. The number of pyridine rings is 1. The standard InChI is InChI=1S/C38H42N6O3S/c1-4-5-6-8-11-29-14-16-30(17-15-29)32-24-27(2)44(28(3)25-32)34-20-23-37(45)36(26-34)41-43-38(31-12-9-7-10-13-31)42-40-33-18-21-35(22-19-33)48(39,46)47/h7,9-10,12-26,38H,4-6,8,11,39H2,1-3H3,(H2-,43,45,46,47)/p+1. The van der Waals surface area contributed by atoms with Crippen LogP contribution in [0, 0.1) is 13.8 Å². The lowest BCUT2D eigenvalue weighted by Gasteiger charge is -2.25. The molecule has 5 rings (SSSR count). The van der Waals surface area contributed by atoms with E-state index in [0.717, 1.165) is 34.6 Å². The van der Waals surface area contributed by atoms with Crippen molar-refractivity contribution >= 4 is 22.2 Å². The zero-order valence-corrected chi connectivity index (χ0v) is 28.4. The highest BCUT2D eigenvalue weighted by atomic mass is 32.3. The predicted molar refractivity (Wildman–Crippen MR) is 192 cm³/mol. The number of phenols is 1. The van der Waals surface area contributed by atoms with Crippen LogP contribution in [0.4, 0.5) is 11.4 Å². The Morgan fingerprint density at radius 2 is 1.40 bits per heavy atom. The van der Waals surface area contributed by atoms with Crippen LogP contribution in [0.3, 0.4) is 0 Å². The van der Waals surface area contributed by atoms with Crippen LogP contribution in [-0.2, 0) is 6.42 Å². The van der Waals surface area contributed by atoms with E-state index < -0.39 is 16.9 Å². The summed E-state index contributed by atoms with van der Waals surface area (Å²) >= 11 is 0. The SMILES string of the molecule is CCCCCCc1ccc(-c2cc(C)[n+](-c3ccc(O)c(N=NC(N=Nc4ccc(S(N)(O)O)cc4)c4ccccc4)c3)c(C)c2)cc1. The average molecular weight is 664 g/mol. The minimum absolute atomic E-state index is 0.00933. The second-order valence-corrected chi connectivity index (χ2v) is 13.5. The van der Waals surface area contributed by atoms with Crippen LogP contribution in [0.2, 0.25) is 0 Å². The van der Waals surface area contributed by atoms with Crippen molar-refractivity contribution < 1.29 is 18.8 Å². The van der Waals surface area contributed by atoms with Gasteiger partial charge in [0.2, 0.25) is 11.9 Å². The number of aryl methyl sites for hydroxylation is 3. The molecule has 1 atom stereocenters. The van der Waals surface area contributed by atoms with Gasteiger partial charge in [-0.25, -0.2) is 5.14 Å². The third kappa shape index (κ3) is 8.99. The summed E-state index contributed by atoms with van der Waals surface area (Å²) in [4.78, 5) is 0.205. The van der Waals surface area contributed by atoms with Gasteiger partial charge < -0.3 is 5.11 Å². The molecule has 0 saturated carbocycles. The number of aromatic hydroxyl groups is 1. The molecule has 0 aliphatic carbocycles. The van der Waals surface area contributed by atoms with E-state index in [4.69, 9.17) is 5.14 Å². The number of nitrogens with two attached hydrogens (primary N) is 1. The third-order valence-electron chi connectivity index (χ3n) is 8.10. The maximum atomic E-state index is 10.7. The Labute approximate surface area is 284 Å². The van der Waals surface area contributed by atoms with Gasteiger partial charge in [-0.05, 0) is 59.9 Å². The van der Waals surface area contributed by atoms with Crippen molar-refractivity contribution in [1.82, 2.24) is 0 Å². The number of benzene rings is 4. The van der Waals surface area contributed by atoms with E-state index in [1.165, 1.54) is 48.9 Å². The van der Waals surface area contributed by atoms with Crippen molar-refractivity contribution in [3.63, 3.8) is 0 Å². The van der Waals surface area contributed by atoms with Gasteiger partial charge in [-0.1, -0.05) is 80.8 Å². The van der Waals surface area contributed by atoms with E-state index in [-0.39, 0.29) is 10.6 Å². The fourth-order valence-electron chi connectivity index (χ4n) is 5.56. The Hall–Kier alpha value is -4.74. The Kier molecular flexibility index (Phi) is 11.5. The molecule has 1 aromatic heterocycles. The fourth-order valence-corrected chi connectivity index (χ4v) is 6.09. The smallest absolute Gasteiger partial charge is 0.213 e. The predicted octanol–water partition coefficient (Wildman–Crippen LogP) is 10.6. The molecule has 0 amide bonds. The quantitative estimate of drug-likeness (QED) is 0.0565. The number of aromatic nitrogens is 1. The number of azo groups is 2. The summed E-state index contributed by atoms with van der Waals surface area (Å²) in [6.07, 6.45) is 5.37. The Morgan fingerprint density at radius 1 is 0.729 bits per heavy atom. The molecule has 9 nitrogen and oxygen atoms in total. The van der Waals surface area contributed by atoms with Gasteiger partial charge in [0.25, 0.3) is 0 Å². The molecule has 0 bridgehead atoms. The first-order valence-electron chi connectivity index (χ1n) is 16.1. The van der Waals surface area contributed by atoms with Crippen LogP contribution in [0.1, 0.15) is 61.3 Å². The molecular weight excluding hydrogens is 621 g/mol. The summed E-state index contributed by atoms with van der Waals surface area (Å²) in [6, 6.07) is 34.1. The van der Waals surface area contributed by atoms with E-state index in [1.54, 1.807) is 24.3 Å². The minimum Gasteiger partial charge on any atom is -0.506 e. The first-order valence-corrected chi connectivity index (χ1v) is 17.7. The minimum atomic E-state index is -3.32. The van der Waals surface area contributed by atoms with Crippen molar-refractivity contribution in [2.75, 3.05) is 0 Å². The molecule has 5 aromatic rings. The van der Waals surface area contributed by atoms with Crippen LogP contribution < -0.4 is 9.71 Å². The number of nitrogens with zero attached hydrogens (tertiary/aromatic N) is 5. The average Bonchev–Trinajstić information content (AvgIpc) is 3.08. The Bertz CT molecular complexity index is 1850. The van der Waals surface area contributed by atoms with Crippen LogP contribution in [0.25, 0.3) is 16.8 Å². The molecule has 1 heterocycles. The summed E-state index contributed by atoms with van der Waals surface area (Å²) in [7, 11) is -3.32. The second kappa shape index (κ2) is 15.9. The highest BCUT2D eigenvalue weighted by molar-refractivity contribution is 8.22. The maximum Gasteiger partial charge on any atom is 0.213 e. The zero-order chi connectivity index (χ0) is 34.1. The highest BCUT2D eigenvalue weighted by Gasteiger charge is 2.19. The maximum absolute atomic E-state index is 10.7. The lowest BCUT2D eigenvalue weighted by atomic mass is 10.0. The Balaban J connectivity index is 1.38. The molecule has 248 valence electrons. The van der Waals surface area contributed by atoms with E-state index >= 15 is 0 Å². The zero-order valence-electron chi connectivity index (χ0n) is 27.6. The van der Waals surface area contributed by atoms with E-state index in [0.29, 0.717) is 11.4 Å². The van der Waals surface area contributed by atoms with Crippen LogP contribution >= 0.6 is 10.8 Å². The second-order valence-electron chi connectivity index (χ2n) is 11.8. The van der Waals surface area contributed by atoms with Gasteiger partial charge in [-0.2, -0.15) is 19.9 Å². The van der Waals surface area contributed by atoms with E-state index in [9.17, 15) is 14.2 Å². The summed E-state index contributed by atoms with van der Waals surface area (Å²) < 4.78 is 21.5. The van der Waals surface area contributed by atoms with Gasteiger partial charge in [-0.3, -0.25) is 9.11 Å². The fraction of sp³-hybridized carbons (Fsp3) is 0.237. The molecule has 48 heavy (non-hydrogen) atoms. The molecule has 1 unspecified atom stereocenters. The lowest BCUT2D eigenvalue weighted by molar-refractivity contribution is -0.609. The first kappa shape index (κ1) is 34.6. The topological polar surface area (TPSA) is 140 Å². The molecule has 0 fully saturated rings.